The maximum atomic E-state index is 13.4. The van der Waals surface area contributed by atoms with Crippen molar-refractivity contribution >= 4 is 15.7 Å². The average Bonchev–Trinajstić information content (AvgIpc) is 2.65. The molecule has 1 aliphatic heterocycles. The van der Waals surface area contributed by atoms with Crippen LogP contribution in [0.15, 0.2) is 47.4 Å². The van der Waals surface area contributed by atoms with Crippen molar-refractivity contribution in [1.82, 2.24) is 4.31 Å². The molecule has 8 heteroatoms. The minimum absolute atomic E-state index is 0.231. The fourth-order valence-corrected chi connectivity index (χ4v) is 4.33. The number of halogens is 2. The number of hydrogen-bond acceptors (Lipinski definition) is 4. The molecule has 1 fully saturated rings. The molecule has 0 amide bonds. The van der Waals surface area contributed by atoms with Gasteiger partial charge in [0.1, 0.15) is 5.75 Å². The lowest BCUT2D eigenvalue weighted by Crippen LogP contribution is -2.48. The summed E-state index contributed by atoms with van der Waals surface area (Å²) in [7, 11) is -3.84. The van der Waals surface area contributed by atoms with Crippen molar-refractivity contribution in [3.05, 3.63) is 54.1 Å². The van der Waals surface area contributed by atoms with E-state index in [1.165, 1.54) is 4.31 Å². The number of hydrogen-bond donors (Lipinski definition) is 0. The minimum Gasteiger partial charge on any atom is -0.494 e. The highest BCUT2D eigenvalue weighted by Crippen LogP contribution is 2.24. The Labute approximate surface area is 151 Å². The lowest BCUT2D eigenvalue weighted by Gasteiger charge is -2.35. The van der Waals surface area contributed by atoms with Gasteiger partial charge in [0.2, 0.25) is 10.0 Å². The molecule has 26 heavy (non-hydrogen) atoms. The molecular formula is C18H20F2N2O3S. The van der Waals surface area contributed by atoms with Crippen molar-refractivity contribution in [2.45, 2.75) is 11.8 Å². The zero-order valence-corrected chi connectivity index (χ0v) is 15.2. The Morgan fingerprint density at radius 2 is 1.62 bits per heavy atom. The Hall–Kier alpha value is -2.19. The zero-order valence-electron chi connectivity index (χ0n) is 14.4. The minimum atomic E-state index is -3.84. The fraction of sp³-hybridized carbons (Fsp3) is 0.333. The van der Waals surface area contributed by atoms with E-state index < -0.39 is 21.7 Å². The summed E-state index contributed by atoms with van der Waals surface area (Å²) < 4.78 is 58.4. The second-order valence-corrected chi connectivity index (χ2v) is 7.83. The van der Waals surface area contributed by atoms with Crippen LogP contribution in [0.4, 0.5) is 14.5 Å². The predicted molar refractivity (Wildman–Crippen MR) is 94.9 cm³/mol. The highest BCUT2D eigenvalue weighted by molar-refractivity contribution is 7.89. The van der Waals surface area contributed by atoms with E-state index in [2.05, 4.69) is 4.90 Å². The Balaban J connectivity index is 1.68. The third-order valence-corrected chi connectivity index (χ3v) is 6.17. The molecule has 0 unspecified atom stereocenters. The van der Waals surface area contributed by atoms with Gasteiger partial charge in [-0.3, -0.25) is 0 Å². The number of benzene rings is 2. The Morgan fingerprint density at radius 1 is 0.962 bits per heavy atom. The highest BCUT2D eigenvalue weighted by Gasteiger charge is 2.29. The van der Waals surface area contributed by atoms with Gasteiger partial charge in [0.05, 0.1) is 11.5 Å². The van der Waals surface area contributed by atoms with E-state index in [1.807, 2.05) is 31.2 Å². The summed E-state index contributed by atoms with van der Waals surface area (Å²) in [5.74, 6) is -1.45. The van der Waals surface area contributed by atoms with Gasteiger partial charge in [0, 0.05) is 31.9 Å². The second-order valence-electron chi connectivity index (χ2n) is 5.89. The van der Waals surface area contributed by atoms with E-state index in [1.54, 1.807) is 0 Å². The van der Waals surface area contributed by atoms with Gasteiger partial charge >= 0.3 is 0 Å². The molecule has 1 aliphatic rings. The lowest BCUT2D eigenvalue weighted by molar-refractivity contribution is 0.340. The van der Waals surface area contributed by atoms with Gasteiger partial charge < -0.3 is 9.64 Å². The van der Waals surface area contributed by atoms with Crippen molar-refractivity contribution in [1.29, 1.82) is 0 Å². The van der Waals surface area contributed by atoms with Crippen LogP contribution in [0, 0.1) is 11.6 Å². The highest BCUT2D eigenvalue weighted by atomic mass is 32.2. The number of nitrogens with zero attached hydrogens (tertiary/aromatic N) is 2. The van der Waals surface area contributed by atoms with E-state index in [0.717, 1.165) is 29.6 Å². The first-order valence-electron chi connectivity index (χ1n) is 8.35. The van der Waals surface area contributed by atoms with E-state index >= 15 is 0 Å². The number of piperazine rings is 1. The third-order valence-electron chi connectivity index (χ3n) is 4.28. The smallest absolute Gasteiger partial charge is 0.243 e. The summed E-state index contributed by atoms with van der Waals surface area (Å²) >= 11 is 0. The standard InChI is InChI=1S/C18H20F2N2O3S/c1-2-25-15-5-3-14(4-6-15)21-9-11-22(12-10-21)26(23,24)16-7-8-17(19)18(20)13-16/h3-8,13H,2,9-12H2,1H3. The van der Waals surface area contributed by atoms with Crippen LogP contribution in [0.25, 0.3) is 0 Å². The van der Waals surface area contributed by atoms with Gasteiger partial charge in [-0.1, -0.05) is 0 Å². The van der Waals surface area contributed by atoms with Crippen LogP contribution in [0.3, 0.4) is 0 Å². The molecule has 1 saturated heterocycles. The molecule has 3 rings (SSSR count). The fourth-order valence-electron chi connectivity index (χ4n) is 2.89. The molecule has 0 saturated carbocycles. The van der Waals surface area contributed by atoms with E-state index in [4.69, 9.17) is 4.74 Å². The molecule has 0 bridgehead atoms. The molecule has 0 spiro atoms. The van der Waals surface area contributed by atoms with Crippen LogP contribution < -0.4 is 9.64 Å². The monoisotopic (exact) mass is 382 g/mol. The van der Waals surface area contributed by atoms with Crippen molar-refractivity contribution < 1.29 is 21.9 Å². The maximum Gasteiger partial charge on any atom is 0.243 e. The van der Waals surface area contributed by atoms with Gasteiger partial charge in [-0.2, -0.15) is 4.31 Å². The van der Waals surface area contributed by atoms with Gasteiger partial charge in [-0.25, -0.2) is 17.2 Å². The molecule has 0 aliphatic carbocycles. The maximum absolute atomic E-state index is 13.4. The first-order chi connectivity index (χ1) is 12.4. The van der Waals surface area contributed by atoms with E-state index in [9.17, 15) is 17.2 Å². The predicted octanol–water partition coefficient (Wildman–Crippen LogP) is 2.87. The average molecular weight is 382 g/mol. The van der Waals surface area contributed by atoms with Crippen LogP contribution in [-0.4, -0.2) is 45.5 Å². The van der Waals surface area contributed by atoms with Crippen molar-refractivity contribution in [3.63, 3.8) is 0 Å². The molecule has 0 aromatic heterocycles. The van der Waals surface area contributed by atoms with Crippen molar-refractivity contribution in [2.75, 3.05) is 37.7 Å². The number of sulfonamides is 1. The quantitative estimate of drug-likeness (QED) is 0.798. The van der Waals surface area contributed by atoms with Crippen molar-refractivity contribution in [3.8, 4) is 5.75 Å². The van der Waals surface area contributed by atoms with Crippen LogP contribution in [0.5, 0.6) is 5.75 Å². The molecule has 2 aromatic carbocycles. The lowest BCUT2D eigenvalue weighted by atomic mass is 10.2. The molecule has 0 atom stereocenters. The van der Waals surface area contributed by atoms with E-state index in [0.29, 0.717) is 19.7 Å². The second kappa shape index (κ2) is 7.59. The SMILES string of the molecule is CCOc1ccc(N2CCN(S(=O)(=O)c3ccc(F)c(F)c3)CC2)cc1. The van der Waals surface area contributed by atoms with Crippen molar-refractivity contribution in [2.24, 2.45) is 0 Å². The van der Waals surface area contributed by atoms with Crippen LogP contribution in [-0.2, 0) is 10.0 Å². The van der Waals surface area contributed by atoms with Gasteiger partial charge in [0.15, 0.2) is 11.6 Å². The summed E-state index contributed by atoms with van der Waals surface area (Å²) in [6.07, 6.45) is 0. The van der Waals surface area contributed by atoms with Gasteiger partial charge in [0.25, 0.3) is 0 Å². The molecule has 2 aromatic rings. The first-order valence-corrected chi connectivity index (χ1v) is 9.79. The van der Waals surface area contributed by atoms with Crippen LogP contribution in [0.1, 0.15) is 6.92 Å². The molecular weight excluding hydrogens is 362 g/mol. The number of rotatable bonds is 5. The molecule has 1 heterocycles. The summed E-state index contributed by atoms with van der Waals surface area (Å²) in [5, 5.41) is 0. The third kappa shape index (κ3) is 3.81. The summed E-state index contributed by atoms with van der Waals surface area (Å²) in [4.78, 5) is 1.85. The largest absolute Gasteiger partial charge is 0.494 e. The topological polar surface area (TPSA) is 49.9 Å². The summed E-state index contributed by atoms with van der Waals surface area (Å²) in [6, 6.07) is 10.3. The summed E-state index contributed by atoms with van der Waals surface area (Å²) in [6.45, 7) is 4.08. The Kier molecular flexibility index (Phi) is 5.43. The number of anilines is 1. The zero-order chi connectivity index (χ0) is 18.7. The molecule has 140 valence electrons. The number of ether oxygens (including phenoxy) is 1. The Morgan fingerprint density at radius 3 is 2.19 bits per heavy atom. The Bertz CT molecular complexity index is 865. The summed E-state index contributed by atoms with van der Waals surface area (Å²) in [5.41, 5.74) is 0.985. The molecule has 0 radical (unpaired) electrons. The molecule has 5 nitrogen and oxygen atoms in total. The van der Waals surface area contributed by atoms with Gasteiger partial charge in [-0.05, 0) is 49.4 Å². The van der Waals surface area contributed by atoms with Crippen LogP contribution >= 0.6 is 0 Å². The first kappa shape index (κ1) is 18.6. The van der Waals surface area contributed by atoms with E-state index in [-0.39, 0.29) is 18.0 Å². The molecule has 0 N–H and O–H groups in total. The normalized spacial score (nSPS) is 15.9. The van der Waals surface area contributed by atoms with Crippen LogP contribution in [0.2, 0.25) is 0 Å². The van der Waals surface area contributed by atoms with Gasteiger partial charge in [-0.15, -0.1) is 0 Å².